The lowest BCUT2D eigenvalue weighted by Crippen LogP contribution is -2.30. The van der Waals surface area contributed by atoms with Crippen molar-refractivity contribution in [2.45, 2.75) is 341 Å². The van der Waals surface area contributed by atoms with E-state index < -0.39 is 6.10 Å². The van der Waals surface area contributed by atoms with Crippen LogP contribution in [-0.4, -0.2) is 37.2 Å². The van der Waals surface area contributed by atoms with Crippen LogP contribution in [0.5, 0.6) is 0 Å². The third-order valence-corrected chi connectivity index (χ3v) is 14.3. The number of allylic oxidation sites excluding steroid dienone is 10. The molecule has 74 heavy (non-hydrogen) atoms. The van der Waals surface area contributed by atoms with Crippen molar-refractivity contribution in [1.82, 2.24) is 0 Å². The Morgan fingerprint density at radius 2 is 0.527 bits per heavy atom. The van der Waals surface area contributed by atoms with Gasteiger partial charge in [-0.3, -0.25) is 14.4 Å². The van der Waals surface area contributed by atoms with Crippen molar-refractivity contribution >= 4 is 17.9 Å². The number of hydrogen-bond donors (Lipinski definition) is 0. The second-order valence-electron chi connectivity index (χ2n) is 21.6. The van der Waals surface area contributed by atoms with E-state index in [0.29, 0.717) is 19.3 Å². The molecule has 430 valence electrons. The molecule has 0 aromatic rings. The van der Waals surface area contributed by atoms with E-state index in [1.54, 1.807) is 0 Å². The first-order valence-electron chi connectivity index (χ1n) is 32.3. The minimum Gasteiger partial charge on any atom is -0.462 e. The summed E-state index contributed by atoms with van der Waals surface area (Å²) >= 11 is 0. The summed E-state index contributed by atoms with van der Waals surface area (Å²) < 4.78 is 16.9. The van der Waals surface area contributed by atoms with Crippen molar-refractivity contribution in [3.8, 4) is 0 Å². The second-order valence-corrected chi connectivity index (χ2v) is 21.6. The molecular formula is C68H122O6. The molecule has 0 N–H and O–H groups in total. The summed E-state index contributed by atoms with van der Waals surface area (Å²) in [6.07, 6.45) is 79.5. The number of carbonyl (C=O) groups excluding carboxylic acids is 3. The topological polar surface area (TPSA) is 78.9 Å². The highest BCUT2D eigenvalue weighted by molar-refractivity contribution is 5.71. The Balaban J connectivity index is 4.22. The van der Waals surface area contributed by atoms with Gasteiger partial charge in [0.05, 0.1) is 0 Å². The molecule has 0 aliphatic heterocycles. The van der Waals surface area contributed by atoms with E-state index in [9.17, 15) is 14.4 Å². The minimum atomic E-state index is -0.777. The first-order chi connectivity index (χ1) is 36.5. The van der Waals surface area contributed by atoms with E-state index in [1.165, 1.54) is 205 Å². The number of hydrogen-bond acceptors (Lipinski definition) is 6. The van der Waals surface area contributed by atoms with Gasteiger partial charge >= 0.3 is 17.9 Å². The van der Waals surface area contributed by atoms with Gasteiger partial charge < -0.3 is 14.2 Å². The Kier molecular flexibility index (Phi) is 60.2. The predicted octanol–water partition coefficient (Wildman–Crippen LogP) is 21.9. The largest absolute Gasteiger partial charge is 0.462 e. The number of rotatable bonds is 59. The van der Waals surface area contributed by atoms with Crippen LogP contribution in [0.15, 0.2) is 60.8 Å². The fraction of sp³-hybridized carbons (Fsp3) is 0.809. The zero-order chi connectivity index (χ0) is 53.6. The van der Waals surface area contributed by atoms with Gasteiger partial charge in [0.15, 0.2) is 6.10 Å². The lowest BCUT2D eigenvalue weighted by molar-refractivity contribution is -0.167. The monoisotopic (exact) mass is 1030 g/mol. The maximum absolute atomic E-state index is 12.9. The maximum atomic E-state index is 12.9. The molecule has 0 heterocycles. The summed E-state index contributed by atoms with van der Waals surface area (Å²) in [6, 6.07) is 0. The second kappa shape index (κ2) is 62.6. The van der Waals surface area contributed by atoms with Crippen LogP contribution in [0.3, 0.4) is 0 Å². The molecule has 0 radical (unpaired) electrons. The zero-order valence-electron chi connectivity index (χ0n) is 49.4. The van der Waals surface area contributed by atoms with Crippen LogP contribution in [0, 0.1) is 0 Å². The summed E-state index contributed by atoms with van der Waals surface area (Å²) in [5.41, 5.74) is 0. The van der Waals surface area contributed by atoms with Gasteiger partial charge in [-0.15, -0.1) is 0 Å². The summed E-state index contributed by atoms with van der Waals surface area (Å²) in [5, 5.41) is 0. The average molecular weight is 1040 g/mol. The van der Waals surface area contributed by atoms with Gasteiger partial charge in [-0.2, -0.15) is 0 Å². The van der Waals surface area contributed by atoms with Crippen LogP contribution in [-0.2, 0) is 28.6 Å². The van der Waals surface area contributed by atoms with E-state index in [2.05, 4.69) is 81.5 Å². The van der Waals surface area contributed by atoms with E-state index in [1.807, 2.05) is 0 Å². The first-order valence-corrected chi connectivity index (χ1v) is 32.3. The minimum absolute atomic E-state index is 0.0745. The number of esters is 3. The number of ether oxygens (including phenoxy) is 3. The molecule has 0 aliphatic rings. The Labute approximate surface area is 460 Å². The van der Waals surface area contributed by atoms with Gasteiger partial charge in [-0.25, -0.2) is 0 Å². The summed E-state index contributed by atoms with van der Waals surface area (Å²) in [5.74, 6) is -0.867. The third kappa shape index (κ3) is 60.0. The molecule has 0 fully saturated rings. The number of unbranched alkanes of at least 4 members (excludes halogenated alkanes) is 38. The summed E-state index contributed by atoms with van der Waals surface area (Å²) in [7, 11) is 0. The molecule has 6 nitrogen and oxygen atoms in total. The van der Waals surface area contributed by atoms with Crippen LogP contribution in [0.25, 0.3) is 0 Å². The van der Waals surface area contributed by atoms with Crippen molar-refractivity contribution in [1.29, 1.82) is 0 Å². The normalized spacial score (nSPS) is 12.4. The molecule has 0 saturated carbocycles. The van der Waals surface area contributed by atoms with Crippen molar-refractivity contribution in [2.75, 3.05) is 13.2 Å². The molecule has 6 heteroatoms. The summed E-state index contributed by atoms with van der Waals surface area (Å²) in [6.45, 7) is 6.55. The molecule has 0 amide bonds. The molecule has 0 aromatic heterocycles. The highest BCUT2D eigenvalue weighted by Crippen LogP contribution is 2.17. The standard InChI is InChI=1S/C68H122O6/c1-4-7-10-13-16-19-22-25-27-29-30-31-32-33-34-35-36-37-38-40-41-43-46-49-52-55-58-61-67(70)73-64-65(63-72-66(69)60-57-54-51-48-45-24-21-18-15-12-9-6-3)74-68(71)62-59-56-53-50-47-44-42-39-28-26-23-20-17-14-11-8-5-2/h8,11,17,20,22,25-26,28-30,65H,4-7,9-10,12-16,18-19,21,23-24,27,31-64H2,1-3H3/b11-8-,20-17-,25-22-,28-26-,30-29-. The predicted molar refractivity (Wildman–Crippen MR) is 321 cm³/mol. The smallest absolute Gasteiger partial charge is 0.306 e. The van der Waals surface area contributed by atoms with Crippen LogP contribution >= 0.6 is 0 Å². The highest BCUT2D eigenvalue weighted by Gasteiger charge is 2.19. The fourth-order valence-electron chi connectivity index (χ4n) is 9.43. The molecular weight excluding hydrogens is 913 g/mol. The molecule has 1 unspecified atom stereocenters. The highest BCUT2D eigenvalue weighted by atomic mass is 16.6. The zero-order valence-corrected chi connectivity index (χ0v) is 49.4. The van der Waals surface area contributed by atoms with Crippen LogP contribution < -0.4 is 0 Å². The SMILES string of the molecule is CC/C=C\C/C=C\C/C=C\CCCCCCCCCC(=O)OC(COC(=O)CCCCCCCCCCCCCC)COC(=O)CCCCCCCCCCCCCCCCC/C=C\C/C=C\CCCCCCC. The third-order valence-electron chi connectivity index (χ3n) is 14.3. The van der Waals surface area contributed by atoms with E-state index in [-0.39, 0.29) is 31.1 Å². The quantitative estimate of drug-likeness (QED) is 0.0261. The molecule has 0 rings (SSSR count). The van der Waals surface area contributed by atoms with Gasteiger partial charge in [0.2, 0.25) is 0 Å². The Morgan fingerprint density at radius 1 is 0.284 bits per heavy atom. The average Bonchev–Trinajstić information content (AvgIpc) is 3.40. The van der Waals surface area contributed by atoms with Gasteiger partial charge in [-0.1, -0.05) is 293 Å². The van der Waals surface area contributed by atoms with Gasteiger partial charge in [0.1, 0.15) is 13.2 Å². The lowest BCUT2D eigenvalue weighted by atomic mass is 10.0. The Hall–Kier alpha value is -2.89. The van der Waals surface area contributed by atoms with Crippen LogP contribution in [0.4, 0.5) is 0 Å². The van der Waals surface area contributed by atoms with Crippen molar-refractivity contribution < 1.29 is 28.6 Å². The Bertz CT molecular complexity index is 1330. The fourth-order valence-corrected chi connectivity index (χ4v) is 9.43. The van der Waals surface area contributed by atoms with Crippen molar-refractivity contribution in [3.05, 3.63) is 60.8 Å². The maximum Gasteiger partial charge on any atom is 0.306 e. The number of carbonyl (C=O) groups is 3. The molecule has 0 aliphatic carbocycles. The molecule has 0 saturated heterocycles. The Morgan fingerprint density at radius 3 is 0.824 bits per heavy atom. The van der Waals surface area contributed by atoms with Crippen molar-refractivity contribution in [2.24, 2.45) is 0 Å². The van der Waals surface area contributed by atoms with Gasteiger partial charge in [0.25, 0.3) is 0 Å². The molecule has 0 aromatic carbocycles. The van der Waals surface area contributed by atoms with E-state index in [0.717, 1.165) is 89.9 Å². The first kappa shape index (κ1) is 71.1. The lowest BCUT2D eigenvalue weighted by Gasteiger charge is -2.18. The van der Waals surface area contributed by atoms with E-state index >= 15 is 0 Å². The molecule has 0 spiro atoms. The van der Waals surface area contributed by atoms with Crippen molar-refractivity contribution in [3.63, 3.8) is 0 Å². The molecule has 1 atom stereocenters. The van der Waals surface area contributed by atoms with Gasteiger partial charge in [0, 0.05) is 19.3 Å². The summed E-state index contributed by atoms with van der Waals surface area (Å²) in [4.78, 5) is 38.3. The van der Waals surface area contributed by atoms with Gasteiger partial charge in [-0.05, 0) is 83.5 Å². The van der Waals surface area contributed by atoms with E-state index in [4.69, 9.17) is 14.2 Å². The van der Waals surface area contributed by atoms with Crippen LogP contribution in [0.1, 0.15) is 335 Å². The molecule has 0 bridgehead atoms. The van der Waals surface area contributed by atoms with Crippen LogP contribution in [0.2, 0.25) is 0 Å².